The van der Waals surface area contributed by atoms with Crippen molar-refractivity contribution in [3.05, 3.63) is 40.9 Å². The van der Waals surface area contributed by atoms with Crippen LogP contribution in [-0.2, 0) is 12.5 Å². The van der Waals surface area contributed by atoms with Gasteiger partial charge in [-0.2, -0.15) is 0 Å². The summed E-state index contributed by atoms with van der Waals surface area (Å²) in [6, 6.07) is 6.94. The third kappa shape index (κ3) is 3.38. The van der Waals surface area contributed by atoms with Gasteiger partial charge in [0.25, 0.3) is 0 Å². The van der Waals surface area contributed by atoms with Crippen LogP contribution in [0.2, 0.25) is 0 Å². The van der Waals surface area contributed by atoms with Crippen LogP contribution in [0.3, 0.4) is 0 Å². The number of thiazole rings is 1. The number of thioether (sulfide) groups is 1. The molecule has 2 atom stereocenters. The molecule has 1 aliphatic heterocycles. The maximum absolute atomic E-state index is 5.47. The van der Waals surface area contributed by atoms with Crippen LogP contribution in [0, 0.1) is 19.8 Å². The van der Waals surface area contributed by atoms with Gasteiger partial charge in [0.1, 0.15) is 0 Å². The minimum Gasteiger partial charge on any atom is -0.440 e. The van der Waals surface area contributed by atoms with E-state index in [2.05, 4.69) is 50.2 Å². The van der Waals surface area contributed by atoms with Crippen molar-refractivity contribution in [1.82, 2.24) is 29.6 Å². The lowest BCUT2D eigenvalue weighted by Gasteiger charge is -2.21. The van der Waals surface area contributed by atoms with E-state index in [0.29, 0.717) is 11.2 Å². The monoisotopic (exact) mass is 466 g/mol. The molecule has 4 aromatic rings. The molecule has 32 heavy (non-hydrogen) atoms. The normalized spacial score (nSPS) is 22.7. The molecule has 4 heterocycles. The van der Waals surface area contributed by atoms with Crippen LogP contribution in [0.1, 0.15) is 29.1 Å². The van der Waals surface area contributed by atoms with Crippen molar-refractivity contribution in [2.24, 2.45) is 13.0 Å². The maximum atomic E-state index is 5.47. The molecule has 1 aromatic carbocycles. The van der Waals surface area contributed by atoms with Crippen LogP contribution in [-0.4, -0.2) is 55.0 Å². The third-order valence-corrected chi connectivity index (χ3v) is 8.96. The largest absolute Gasteiger partial charge is 0.440 e. The summed E-state index contributed by atoms with van der Waals surface area (Å²) in [5.41, 5.74) is 3.88. The van der Waals surface area contributed by atoms with E-state index in [9.17, 15) is 0 Å². The zero-order valence-electron chi connectivity index (χ0n) is 18.5. The molecule has 9 heteroatoms. The van der Waals surface area contributed by atoms with E-state index in [1.807, 2.05) is 29.9 Å². The summed E-state index contributed by atoms with van der Waals surface area (Å²) in [5.74, 6) is 3.27. The topological polar surface area (TPSA) is 72.9 Å². The Kier molecular flexibility index (Phi) is 4.89. The Morgan fingerprint density at radius 3 is 3.03 bits per heavy atom. The second kappa shape index (κ2) is 7.67. The lowest BCUT2D eigenvalue weighted by molar-refractivity contribution is 0.299. The zero-order valence-corrected chi connectivity index (χ0v) is 20.2. The molecule has 3 aromatic heterocycles. The van der Waals surface area contributed by atoms with Gasteiger partial charge in [0.05, 0.1) is 20.9 Å². The second-order valence-corrected chi connectivity index (χ2v) is 11.3. The smallest absolute Gasteiger partial charge is 0.202 e. The first-order valence-corrected chi connectivity index (χ1v) is 12.9. The molecule has 1 saturated heterocycles. The molecule has 0 N–H and O–H groups in total. The Balaban J connectivity index is 1.04. The van der Waals surface area contributed by atoms with Crippen molar-refractivity contribution >= 4 is 33.3 Å². The Morgan fingerprint density at radius 1 is 1.28 bits per heavy atom. The molecule has 2 fully saturated rings. The average molecular weight is 467 g/mol. The standard InChI is InChI=1S/C23H26N6OS2/c1-14-20(30-13-24-14)21-26-27-22(28(21)3)31-8-4-7-29-11-17-10-23(17,12-29)16-5-6-18-19(9-16)32-15(2)25-18/h5-6,9,13,17H,4,7-8,10-12H2,1-3H3/t17-,23-/m0/s1. The Labute approximate surface area is 195 Å². The summed E-state index contributed by atoms with van der Waals surface area (Å²) < 4.78 is 8.80. The van der Waals surface area contributed by atoms with Crippen molar-refractivity contribution in [2.75, 3.05) is 25.4 Å². The fourth-order valence-electron chi connectivity index (χ4n) is 5.16. The van der Waals surface area contributed by atoms with Crippen LogP contribution < -0.4 is 0 Å². The van der Waals surface area contributed by atoms with E-state index in [1.54, 1.807) is 11.8 Å². The highest BCUT2D eigenvalue weighted by Crippen LogP contribution is 2.59. The molecule has 166 valence electrons. The summed E-state index contributed by atoms with van der Waals surface area (Å²) in [7, 11) is 1.98. The predicted molar refractivity (Wildman–Crippen MR) is 127 cm³/mol. The van der Waals surface area contributed by atoms with Crippen LogP contribution in [0.4, 0.5) is 0 Å². The first-order valence-electron chi connectivity index (χ1n) is 11.1. The Morgan fingerprint density at radius 2 is 2.19 bits per heavy atom. The van der Waals surface area contributed by atoms with Gasteiger partial charge >= 0.3 is 0 Å². The van der Waals surface area contributed by atoms with Gasteiger partial charge in [-0.25, -0.2) is 9.97 Å². The molecule has 6 rings (SSSR count). The molecular formula is C23H26N6OS2. The summed E-state index contributed by atoms with van der Waals surface area (Å²) in [5, 5.41) is 10.7. The van der Waals surface area contributed by atoms with Crippen molar-refractivity contribution in [3.63, 3.8) is 0 Å². The highest BCUT2D eigenvalue weighted by atomic mass is 32.2. The van der Waals surface area contributed by atoms with Crippen LogP contribution in [0.5, 0.6) is 0 Å². The van der Waals surface area contributed by atoms with Crippen molar-refractivity contribution in [1.29, 1.82) is 0 Å². The molecule has 0 radical (unpaired) electrons. The van der Waals surface area contributed by atoms with Crippen LogP contribution in [0.15, 0.2) is 34.2 Å². The summed E-state index contributed by atoms with van der Waals surface area (Å²) in [6.45, 7) is 7.56. The van der Waals surface area contributed by atoms with Gasteiger partial charge in [0.2, 0.25) is 5.82 Å². The molecule has 7 nitrogen and oxygen atoms in total. The summed E-state index contributed by atoms with van der Waals surface area (Å²) in [6.07, 6.45) is 3.93. The van der Waals surface area contributed by atoms with Crippen molar-refractivity contribution in [3.8, 4) is 11.6 Å². The molecule has 0 spiro atoms. The molecule has 0 unspecified atom stereocenters. The van der Waals surface area contributed by atoms with Gasteiger partial charge in [-0.3, -0.25) is 0 Å². The van der Waals surface area contributed by atoms with Gasteiger partial charge in [0.15, 0.2) is 17.3 Å². The SMILES string of the molecule is Cc1nc2ccc([C@@]34C[C@H]3CN(CCCSc3nnc(-c5ocnc5C)n3C)C4)cc2s1. The number of oxazole rings is 1. The van der Waals surface area contributed by atoms with E-state index in [4.69, 9.17) is 4.42 Å². The molecular weight excluding hydrogens is 440 g/mol. The van der Waals surface area contributed by atoms with E-state index >= 15 is 0 Å². The third-order valence-electron chi connectivity index (χ3n) is 6.92. The van der Waals surface area contributed by atoms with E-state index in [-0.39, 0.29) is 0 Å². The zero-order chi connectivity index (χ0) is 21.9. The van der Waals surface area contributed by atoms with Gasteiger partial charge in [-0.15, -0.1) is 21.5 Å². The number of likely N-dealkylation sites (tertiary alicyclic amines) is 1. The maximum Gasteiger partial charge on any atom is 0.202 e. The molecule has 0 amide bonds. The number of piperidine rings is 1. The van der Waals surface area contributed by atoms with E-state index in [1.165, 1.54) is 36.2 Å². The number of fused-ring (bicyclic) bond motifs is 2. The van der Waals surface area contributed by atoms with Gasteiger partial charge < -0.3 is 13.9 Å². The van der Waals surface area contributed by atoms with Gasteiger partial charge in [-0.1, -0.05) is 17.8 Å². The minimum atomic E-state index is 0.382. The highest BCUT2D eigenvalue weighted by Gasteiger charge is 2.60. The lowest BCUT2D eigenvalue weighted by Crippen LogP contribution is -2.27. The Hall–Kier alpha value is -2.23. The Bertz CT molecular complexity index is 1290. The van der Waals surface area contributed by atoms with Crippen molar-refractivity contribution in [2.45, 2.75) is 37.3 Å². The van der Waals surface area contributed by atoms with Crippen LogP contribution in [0.25, 0.3) is 21.8 Å². The number of hydrogen-bond acceptors (Lipinski definition) is 8. The van der Waals surface area contributed by atoms with Crippen molar-refractivity contribution < 1.29 is 4.42 Å². The summed E-state index contributed by atoms with van der Waals surface area (Å²) in [4.78, 5) is 11.4. The molecule has 1 saturated carbocycles. The summed E-state index contributed by atoms with van der Waals surface area (Å²) >= 11 is 3.57. The van der Waals surface area contributed by atoms with Gasteiger partial charge in [0, 0.05) is 31.3 Å². The second-order valence-electron chi connectivity index (χ2n) is 9.04. The molecule has 1 aliphatic carbocycles. The van der Waals surface area contributed by atoms with Crippen LogP contribution >= 0.6 is 23.1 Å². The average Bonchev–Trinajstić information content (AvgIpc) is 3.20. The molecule has 0 bridgehead atoms. The minimum absolute atomic E-state index is 0.382. The number of hydrogen-bond donors (Lipinski definition) is 0. The molecule has 2 aliphatic rings. The lowest BCUT2D eigenvalue weighted by atomic mass is 9.95. The first kappa shape index (κ1) is 20.4. The highest BCUT2D eigenvalue weighted by molar-refractivity contribution is 7.99. The first-order chi connectivity index (χ1) is 15.5. The predicted octanol–water partition coefficient (Wildman–Crippen LogP) is 4.45. The number of benzene rings is 1. The fourth-order valence-corrected chi connectivity index (χ4v) is 6.86. The number of aromatic nitrogens is 5. The number of nitrogens with zero attached hydrogens (tertiary/aromatic N) is 6. The van der Waals surface area contributed by atoms with Gasteiger partial charge in [-0.05, 0) is 56.8 Å². The quantitative estimate of drug-likeness (QED) is 0.294. The van der Waals surface area contributed by atoms with E-state index in [0.717, 1.165) is 51.8 Å². The fraction of sp³-hybridized carbons (Fsp3) is 0.478. The number of rotatable bonds is 7. The van der Waals surface area contributed by atoms with E-state index < -0.39 is 0 Å². The number of aryl methyl sites for hydroxylation is 2.